The van der Waals surface area contributed by atoms with Crippen LogP contribution in [0, 0.1) is 0 Å². The minimum atomic E-state index is -0.385. The van der Waals surface area contributed by atoms with Crippen LogP contribution in [0.5, 0.6) is 5.75 Å². The number of amides is 1. The van der Waals surface area contributed by atoms with Crippen LogP contribution in [0.15, 0.2) is 65.5 Å². The van der Waals surface area contributed by atoms with E-state index in [9.17, 15) is 9.59 Å². The van der Waals surface area contributed by atoms with Gasteiger partial charge in [0.2, 0.25) is 0 Å². The van der Waals surface area contributed by atoms with Gasteiger partial charge in [-0.3, -0.25) is 4.79 Å². The lowest BCUT2D eigenvalue weighted by Gasteiger charge is -2.07. The molecule has 0 atom stereocenters. The first-order valence-corrected chi connectivity index (χ1v) is 9.94. The summed E-state index contributed by atoms with van der Waals surface area (Å²) in [4.78, 5) is 27.9. The number of hydrogen-bond acceptors (Lipinski definition) is 6. The van der Waals surface area contributed by atoms with Crippen molar-refractivity contribution in [1.29, 1.82) is 0 Å². The van der Waals surface area contributed by atoms with Crippen molar-refractivity contribution >= 4 is 35.0 Å². The maximum absolute atomic E-state index is 12.4. The molecule has 0 aliphatic rings. The number of nitrogens with one attached hydrogen (secondary N) is 1. The number of esters is 1. The van der Waals surface area contributed by atoms with Gasteiger partial charge in [0.25, 0.3) is 5.91 Å². The Balaban J connectivity index is 1.53. The third kappa shape index (κ3) is 6.29. The molecule has 6 nitrogen and oxygen atoms in total. The van der Waals surface area contributed by atoms with E-state index in [0.29, 0.717) is 30.2 Å². The number of aromatic nitrogens is 1. The van der Waals surface area contributed by atoms with Crippen molar-refractivity contribution in [1.82, 2.24) is 4.98 Å². The summed E-state index contributed by atoms with van der Waals surface area (Å²) in [5, 5.41) is 4.77. The molecule has 0 saturated heterocycles. The third-order valence-corrected chi connectivity index (χ3v) is 4.49. The second kappa shape index (κ2) is 10.2. The molecule has 148 valence electrons. The van der Waals surface area contributed by atoms with Crippen molar-refractivity contribution in [3.8, 4) is 5.75 Å². The van der Waals surface area contributed by atoms with E-state index in [2.05, 4.69) is 10.3 Å². The normalized spacial score (nSPS) is 10.7. The molecule has 0 radical (unpaired) electrons. The second-order valence-corrected chi connectivity index (χ2v) is 6.67. The monoisotopic (exact) mass is 408 g/mol. The van der Waals surface area contributed by atoms with Gasteiger partial charge in [-0.2, -0.15) is 0 Å². The molecule has 0 aliphatic carbocycles. The molecule has 0 aliphatic heterocycles. The van der Waals surface area contributed by atoms with E-state index in [4.69, 9.17) is 9.47 Å². The number of anilines is 1. The molecule has 3 rings (SSSR count). The molecule has 0 bridgehead atoms. The van der Waals surface area contributed by atoms with Crippen LogP contribution in [0.3, 0.4) is 0 Å². The summed E-state index contributed by atoms with van der Waals surface area (Å²) in [6.45, 7) is 2.49. The van der Waals surface area contributed by atoms with Crippen LogP contribution < -0.4 is 10.1 Å². The van der Waals surface area contributed by atoms with Gasteiger partial charge in [0, 0.05) is 22.7 Å². The van der Waals surface area contributed by atoms with Gasteiger partial charge in [0.05, 0.1) is 17.8 Å². The Kier molecular flexibility index (Phi) is 7.13. The highest BCUT2D eigenvalue weighted by Gasteiger charge is 2.07. The maximum Gasteiger partial charge on any atom is 0.330 e. The maximum atomic E-state index is 12.4. The zero-order chi connectivity index (χ0) is 20.5. The molecule has 3 aromatic rings. The van der Waals surface area contributed by atoms with Crippen LogP contribution in [0.2, 0.25) is 0 Å². The highest BCUT2D eigenvalue weighted by Crippen LogP contribution is 2.16. The molecule has 1 heterocycles. The lowest BCUT2D eigenvalue weighted by atomic mass is 10.1. The van der Waals surface area contributed by atoms with Crippen molar-refractivity contribution in [2.75, 3.05) is 11.9 Å². The average Bonchev–Trinajstić information content (AvgIpc) is 3.26. The van der Waals surface area contributed by atoms with Gasteiger partial charge in [0.1, 0.15) is 12.4 Å². The Bertz CT molecular complexity index is 965. The molecular weight excluding hydrogens is 388 g/mol. The molecule has 0 unspecified atom stereocenters. The minimum Gasteiger partial charge on any atom is -0.487 e. The summed E-state index contributed by atoms with van der Waals surface area (Å²) in [6.07, 6.45) is 3.03. The highest BCUT2D eigenvalue weighted by molar-refractivity contribution is 7.07. The standard InChI is InChI=1S/C22H20N2O4S/c1-2-27-21(25)12-5-16-3-8-18(9-4-16)24-22(26)17-6-10-20(11-7-17)28-13-19-14-29-15-23-19/h3-12,14-15H,2,13H2,1H3,(H,24,26)/b12-5+. The Morgan fingerprint density at radius 2 is 1.86 bits per heavy atom. The van der Waals surface area contributed by atoms with Gasteiger partial charge in [-0.15, -0.1) is 11.3 Å². The molecule has 0 spiro atoms. The number of rotatable bonds is 8. The minimum absolute atomic E-state index is 0.217. The number of ether oxygens (including phenoxy) is 2. The van der Waals surface area contributed by atoms with Gasteiger partial charge >= 0.3 is 5.97 Å². The van der Waals surface area contributed by atoms with Crippen molar-refractivity contribution in [3.63, 3.8) is 0 Å². The first-order chi connectivity index (χ1) is 14.1. The predicted octanol–water partition coefficient (Wildman–Crippen LogP) is 4.55. The number of carbonyl (C=O) groups is 2. The molecule has 7 heteroatoms. The van der Waals surface area contributed by atoms with E-state index in [0.717, 1.165) is 11.3 Å². The topological polar surface area (TPSA) is 77.5 Å². The Morgan fingerprint density at radius 1 is 1.10 bits per heavy atom. The fourth-order valence-electron chi connectivity index (χ4n) is 2.40. The van der Waals surface area contributed by atoms with Crippen LogP contribution in [-0.2, 0) is 16.1 Å². The Hall–Kier alpha value is -3.45. The van der Waals surface area contributed by atoms with Gasteiger partial charge in [-0.25, -0.2) is 9.78 Å². The molecule has 1 amide bonds. The van der Waals surface area contributed by atoms with Gasteiger partial charge in [-0.1, -0.05) is 12.1 Å². The largest absolute Gasteiger partial charge is 0.487 e. The summed E-state index contributed by atoms with van der Waals surface area (Å²) in [5.74, 6) is 0.0713. The van der Waals surface area contributed by atoms with E-state index in [1.165, 1.54) is 17.4 Å². The molecule has 0 fully saturated rings. The fourth-order valence-corrected chi connectivity index (χ4v) is 2.95. The summed E-state index contributed by atoms with van der Waals surface area (Å²) >= 11 is 1.52. The van der Waals surface area contributed by atoms with E-state index in [-0.39, 0.29) is 11.9 Å². The third-order valence-electron chi connectivity index (χ3n) is 3.85. The zero-order valence-corrected chi connectivity index (χ0v) is 16.6. The number of benzene rings is 2. The quantitative estimate of drug-likeness (QED) is 0.437. The van der Waals surface area contributed by atoms with Gasteiger partial charge in [-0.05, 0) is 55.0 Å². The van der Waals surface area contributed by atoms with E-state index in [1.807, 2.05) is 5.38 Å². The van der Waals surface area contributed by atoms with Gasteiger partial charge in [0.15, 0.2) is 0 Å². The van der Waals surface area contributed by atoms with Crippen LogP contribution in [0.4, 0.5) is 5.69 Å². The van der Waals surface area contributed by atoms with E-state index < -0.39 is 0 Å². The number of carbonyl (C=O) groups excluding carboxylic acids is 2. The van der Waals surface area contributed by atoms with E-state index in [1.54, 1.807) is 67.0 Å². The summed E-state index contributed by atoms with van der Waals surface area (Å²) < 4.78 is 10.5. The van der Waals surface area contributed by atoms with Crippen LogP contribution in [0.1, 0.15) is 28.5 Å². The van der Waals surface area contributed by atoms with E-state index >= 15 is 0 Å². The predicted molar refractivity (Wildman–Crippen MR) is 113 cm³/mol. The summed E-state index contributed by atoms with van der Waals surface area (Å²) in [7, 11) is 0. The van der Waals surface area contributed by atoms with Gasteiger partial charge < -0.3 is 14.8 Å². The molecule has 2 aromatic carbocycles. The molecule has 1 aromatic heterocycles. The smallest absolute Gasteiger partial charge is 0.330 e. The highest BCUT2D eigenvalue weighted by atomic mass is 32.1. The lowest BCUT2D eigenvalue weighted by molar-refractivity contribution is -0.137. The molecular formula is C22H20N2O4S. The first kappa shape index (κ1) is 20.3. The second-order valence-electron chi connectivity index (χ2n) is 5.95. The number of thiazole rings is 1. The van der Waals surface area contributed by atoms with Crippen LogP contribution in [0.25, 0.3) is 6.08 Å². The summed E-state index contributed by atoms with van der Waals surface area (Å²) in [5.41, 5.74) is 4.65. The molecule has 1 N–H and O–H groups in total. The first-order valence-electron chi connectivity index (χ1n) is 9.00. The van der Waals surface area contributed by atoms with Crippen molar-refractivity contribution in [2.24, 2.45) is 0 Å². The van der Waals surface area contributed by atoms with Crippen molar-refractivity contribution in [2.45, 2.75) is 13.5 Å². The fraction of sp³-hybridized carbons (Fsp3) is 0.136. The number of nitrogens with zero attached hydrogens (tertiary/aromatic N) is 1. The zero-order valence-electron chi connectivity index (χ0n) is 15.8. The van der Waals surface area contributed by atoms with Crippen LogP contribution in [-0.4, -0.2) is 23.5 Å². The number of hydrogen-bond donors (Lipinski definition) is 1. The molecule has 0 saturated carbocycles. The Labute approximate surface area is 172 Å². The van der Waals surface area contributed by atoms with Crippen molar-refractivity contribution in [3.05, 3.63) is 82.3 Å². The molecule has 29 heavy (non-hydrogen) atoms. The van der Waals surface area contributed by atoms with Crippen LogP contribution >= 0.6 is 11.3 Å². The summed E-state index contributed by atoms with van der Waals surface area (Å²) in [6, 6.07) is 14.1. The average molecular weight is 408 g/mol. The van der Waals surface area contributed by atoms with Crippen molar-refractivity contribution < 1.29 is 19.1 Å². The lowest BCUT2D eigenvalue weighted by Crippen LogP contribution is -2.11. The Morgan fingerprint density at radius 3 is 2.52 bits per heavy atom. The SMILES string of the molecule is CCOC(=O)/C=C/c1ccc(NC(=O)c2ccc(OCc3cscn3)cc2)cc1.